The van der Waals surface area contributed by atoms with Gasteiger partial charge in [-0.2, -0.15) is 5.10 Å². The van der Waals surface area contributed by atoms with Crippen molar-refractivity contribution in [1.82, 2.24) is 20.4 Å². The molecule has 0 radical (unpaired) electrons. The third-order valence-electron chi connectivity index (χ3n) is 6.08. The zero-order valence-corrected chi connectivity index (χ0v) is 18.5. The van der Waals surface area contributed by atoms with E-state index in [-0.39, 0.29) is 29.6 Å². The number of rotatable bonds is 10. The second-order valence-corrected chi connectivity index (χ2v) is 8.58. The molecule has 31 heavy (non-hydrogen) atoms. The predicted molar refractivity (Wildman–Crippen MR) is 119 cm³/mol. The second-order valence-electron chi connectivity index (χ2n) is 8.58. The van der Waals surface area contributed by atoms with Gasteiger partial charge in [0.25, 0.3) is 0 Å². The normalized spacial score (nSPS) is 15.1. The second kappa shape index (κ2) is 11.1. The minimum absolute atomic E-state index is 0.0274. The summed E-state index contributed by atoms with van der Waals surface area (Å²) in [6.07, 6.45) is 8.06. The Bertz CT molecular complexity index is 859. The van der Waals surface area contributed by atoms with Crippen LogP contribution in [-0.2, 0) is 16.0 Å². The van der Waals surface area contributed by atoms with Gasteiger partial charge in [-0.1, -0.05) is 19.3 Å². The molecule has 168 valence electrons. The van der Waals surface area contributed by atoms with Crippen molar-refractivity contribution in [3.8, 4) is 11.3 Å². The quantitative estimate of drug-likeness (QED) is 0.560. The number of aromatic nitrogens is 2. The number of amides is 2. The number of nitrogens with one attached hydrogen (secondary N) is 2. The molecule has 0 bridgehead atoms. The molecule has 1 aliphatic rings. The van der Waals surface area contributed by atoms with Gasteiger partial charge < -0.3 is 10.2 Å². The van der Waals surface area contributed by atoms with Gasteiger partial charge in [-0.3, -0.25) is 14.7 Å². The Morgan fingerprint density at radius 2 is 1.90 bits per heavy atom. The number of nitrogens with zero attached hydrogens (tertiary/aromatic N) is 2. The maximum Gasteiger partial charge on any atom is 0.245 e. The van der Waals surface area contributed by atoms with Gasteiger partial charge in [0, 0.05) is 31.8 Å². The first-order chi connectivity index (χ1) is 14.9. The van der Waals surface area contributed by atoms with E-state index in [4.69, 9.17) is 0 Å². The van der Waals surface area contributed by atoms with E-state index in [1.807, 2.05) is 13.1 Å². The van der Waals surface area contributed by atoms with Crippen LogP contribution in [0.4, 0.5) is 4.39 Å². The minimum Gasteiger partial charge on any atom is -0.344 e. The van der Waals surface area contributed by atoms with E-state index in [1.54, 1.807) is 17.0 Å². The van der Waals surface area contributed by atoms with Crippen LogP contribution < -0.4 is 5.32 Å². The van der Waals surface area contributed by atoms with E-state index in [0.29, 0.717) is 6.54 Å². The van der Waals surface area contributed by atoms with Crippen molar-refractivity contribution in [2.45, 2.75) is 64.3 Å². The third kappa shape index (κ3) is 6.64. The van der Waals surface area contributed by atoms with Crippen LogP contribution in [0.2, 0.25) is 0 Å². The molecular weight excluding hydrogens is 395 g/mol. The van der Waals surface area contributed by atoms with Crippen molar-refractivity contribution < 1.29 is 14.0 Å². The van der Waals surface area contributed by atoms with Gasteiger partial charge >= 0.3 is 0 Å². The largest absolute Gasteiger partial charge is 0.344 e. The van der Waals surface area contributed by atoms with E-state index in [0.717, 1.165) is 68.3 Å². The number of likely N-dealkylation sites (N-methyl/N-ethyl adjacent to an activating group) is 1. The highest BCUT2D eigenvalue weighted by Gasteiger charge is 2.32. The summed E-state index contributed by atoms with van der Waals surface area (Å²) in [5.41, 5.74) is 2.76. The van der Waals surface area contributed by atoms with Crippen LogP contribution in [0, 0.1) is 11.7 Å². The maximum absolute atomic E-state index is 13.1. The van der Waals surface area contributed by atoms with Crippen molar-refractivity contribution in [3.05, 3.63) is 41.8 Å². The van der Waals surface area contributed by atoms with Crippen LogP contribution in [0.3, 0.4) is 0 Å². The molecule has 2 N–H and O–H groups in total. The smallest absolute Gasteiger partial charge is 0.245 e. The van der Waals surface area contributed by atoms with E-state index < -0.39 is 0 Å². The van der Waals surface area contributed by atoms with E-state index in [2.05, 4.69) is 15.5 Å². The SMILES string of the molecule is CC(=O)NC(C(=O)N(C)CCCCCc1cc(-c2ccc(F)cc2)n[nH]1)C1CCCC1. The van der Waals surface area contributed by atoms with Crippen LogP contribution in [0.15, 0.2) is 30.3 Å². The van der Waals surface area contributed by atoms with Crippen molar-refractivity contribution in [2.24, 2.45) is 5.92 Å². The molecule has 0 saturated heterocycles. The average Bonchev–Trinajstić information content (AvgIpc) is 3.44. The molecule has 1 aromatic heterocycles. The highest BCUT2D eigenvalue weighted by Crippen LogP contribution is 2.28. The Morgan fingerprint density at radius 3 is 2.58 bits per heavy atom. The number of benzene rings is 1. The van der Waals surface area contributed by atoms with Gasteiger partial charge in [0.1, 0.15) is 11.9 Å². The standard InChI is InChI=1S/C24H33FN4O2/c1-17(30)26-23(19-8-5-6-9-19)24(31)29(2)15-7-3-4-10-21-16-22(28-27-21)18-11-13-20(25)14-12-18/h11-14,16,19,23H,3-10,15H2,1-2H3,(H,26,30)(H,27,28). The highest BCUT2D eigenvalue weighted by atomic mass is 19.1. The molecule has 2 aromatic rings. The molecule has 1 atom stereocenters. The summed E-state index contributed by atoms with van der Waals surface area (Å²) < 4.78 is 13.1. The summed E-state index contributed by atoms with van der Waals surface area (Å²) in [7, 11) is 1.83. The summed E-state index contributed by atoms with van der Waals surface area (Å²) in [4.78, 5) is 26.2. The van der Waals surface area contributed by atoms with Crippen molar-refractivity contribution in [1.29, 1.82) is 0 Å². The number of aromatic amines is 1. The van der Waals surface area contributed by atoms with Gasteiger partial charge in [0.05, 0.1) is 5.69 Å². The van der Waals surface area contributed by atoms with E-state index >= 15 is 0 Å². The summed E-state index contributed by atoms with van der Waals surface area (Å²) >= 11 is 0. The average molecular weight is 429 g/mol. The summed E-state index contributed by atoms with van der Waals surface area (Å²) in [5.74, 6) is -0.109. The molecule has 2 amide bonds. The van der Waals surface area contributed by atoms with Crippen LogP contribution >= 0.6 is 0 Å². The number of H-pyrrole nitrogens is 1. The molecule has 0 aliphatic heterocycles. The van der Waals surface area contributed by atoms with Gasteiger partial charge in [0.2, 0.25) is 11.8 Å². The number of hydrogen-bond donors (Lipinski definition) is 2. The molecule has 1 heterocycles. The van der Waals surface area contributed by atoms with Crippen LogP contribution in [0.1, 0.15) is 57.6 Å². The van der Waals surface area contributed by atoms with Crippen molar-refractivity contribution >= 4 is 11.8 Å². The lowest BCUT2D eigenvalue weighted by Gasteiger charge is -2.28. The number of aryl methyl sites for hydroxylation is 1. The molecule has 1 unspecified atom stereocenters. The molecular formula is C24H33FN4O2. The van der Waals surface area contributed by atoms with Gasteiger partial charge in [-0.25, -0.2) is 4.39 Å². The summed E-state index contributed by atoms with van der Waals surface area (Å²) in [6.45, 7) is 2.16. The van der Waals surface area contributed by atoms with Gasteiger partial charge in [0.15, 0.2) is 0 Å². The molecule has 7 heteroatoms. The summed E-state index contributed by atoms with van der Waals surface area (Å²) in [5, 5.41) is 10.2. The fourth-order valence-corrected chi connectivity index (χ4v) is 4.34. The van der Waals surface area contributed by atoms with E-state index in [9.17, 15) is 14.0 Å². The number of unbranched alkanes of at least 4 members (excludes halogenated alkanes) is 2. The zero-order chi connectivity index (χ0) is 22.2. The number of carbonyl (C=O) groups is 2. The predicted octanol–water partition coefficient (Wildman–Crippen LogP) is 4.08. The van der Waals surface area contributed by atoms with Gasteiger partial charge in [-0.15, -0.1) is 0 Å². The first-order valence-electron chi connectivity index (χ1n) is 11.3. The Hall–Kier alpha value is -2.70. The first-order valence-corrected chi connectivity index (χ1v) is 11.3. The molecule has 1 saturated carbocycles. The van der Waals surface area contributed by atoms with Gasteiger partial charge in [-0.05, 0) is 68.4 Å². The van der Waals surface area contributed by atoms with Crippen LogP contribution in [-0.4, -0.2) is 46.5 Å². The fourth-order valence-electron chi connectivity index (χ4n) is 4.34. The molecule has 1 aliphatic carbocycles. The first kappa shape index (κ1) is 23.0. The summed E-state index contributed by atoms with van der Waals surface area (Å²) in [6, 6.07) is 7.93. The maximum atomic E-state index is 13.1. The number of hydrogen-bond acceptors (Lipinski definition) is 3. The van der Waals surface area contributed by atoms with Crippen LogP contribution in [0.5, 0.6) is 0 Å². The lowest BCUT2D eigenvalue weighted by molar-refractivity contribution is -0.136. The molecule has 1 fully saturated rings. The van der Waals surface area contributed by atoms with Crippen LogP contribution in [0.25, 0.3) is 11.3 Å². The Labute approximate surface area is 183 Å². The number of carbonyl (C=O) groups excluding carboxylic acids is 2. The van der Waals surface area contributed by atoms with Crippen molar-refractivity contribution in [3.63, 3.8) is 0 Å². The molecule has 3 rings (SSSR count). The fraction of sp³-hybridized carbons (Fsp3) is 0.542. The topological polar surface area (TPSA) is 78.1 Å². The third-order valence-corrected chi connectivity index (χ3v) is 6.08. The lowest BCUT2D eigenvalue weighted by Crippen LogP contribution is -2.50. The highest BCUT2D eigenvalue weighted by molar-refractivity contribution is 5.87. The Kier molecular flexibility index (Phi) is 8.20. The van der Waals surface area contributed by atoms with E-state index in [1.165, 1.54) is 19.1 Å². The molecule has 1 aromatic carbocycles. The Morgan fingerprint density at radius 1 is 1.19 bits per heavy atom. The lowest BCUT2D eigenvalue weighted by atomic mass is 9.96. The Balaban J connectivity index is 1.40. The zero-order valence-electron chi connectivity index (χ0n) is 18.5. The minimum atomic E-state index is -0.389. The molecule has 6 nitrogen and oxygen atoms in total. The van der Waals surface area contributed by atoms with Crippen molar-refractivity contribution in [2.75, 3.05) is 13.6 Å². The number of halogens is 1. The molecule has 0 spiro atoms. The monoisotopic (exact) mass is 428 g/mol.